The highest BCUT2D eigenvalue weighted by atomic mass is 35.5. The van der Waals surface area contributed by atoms with Gasteiger partial charge in [0.05, 0.1) is 6.04 Å². The molecule has 2 aromatic rings. The quantitative estimate of drug-likeness (QED) is 0.777. The zero-order chi connectivity index (χ0) is 17.4. The zero-order valence-corrected chi connectivity index (χ0v) is 15.3. The van der Waals surface area contributed by atoms with E-state index in [0.717, 1.165) is 17.5 Å². The van der Waals surface area contributed by atoms with Gasteiger partial charge in [-0.15, -0.1) is 12.4 Å². The van der Waals surface area contributed by atoms with Crippen LogP contribution in [-0.4, -0.2) is 29.9 Å². The molecule has 2 aromatic carbocycles. The van der Waals surface area contributed by atoms with Gasteiger partial charge in [-0.2, -0.15) is 0 Å². The largest absolute Gasteiger partial charge is 0.341 e. The lowest BCUT2D eigenvalue weighted by Crippen LogP contribution is -2.46. The second kappa shape index (κ2) is 10.9. The van der Waals surface area contributed by atoms with Crippen molar-refractivity contribution in [1.82, 2.24) is 4.90 Å². The fourth-order valence-electron chi connectivity index (χ4n) is 2.75. The molecule has 25 heavy (non-hydrogen) atoms. The number of hydrogen-bond donors (Lipinski definition) is 1. The molecule has 0 heterocycles. The Balaban J connectivity index is 0.00000312. The highest BCUT2D eigenvalue weighted by molar-refractivity contribution is 5.85. The summed E-state index contributed by atoms with van der Waals surface area (Å²) in [5.74, 6) is -0.293. The highest BCUT2D eigenvalue weighted by Crippen LogP contribution is 2.08. The summed E-state index contributed by atoms with van der Waals surface area (Å²) in [4.78, 5) is 14.4. The molecule has 0 radical (unpaired) electrons. The first-order valence-electron chi connectivity index (χ1n) is 8.43. The Morgan fingerprint density at radius 3 is 2.40 bits per heavy atom. The van der Waals surface area contributed by atoms with Crippen molar-refractivity contribution in [3.05, 3.63) is 71.5 Å². The molecule has 0 aliphatic carbocycles. The van der Waals surface area contributed by atoms with E-state index in [0.29, 0.717) is 25.9 Å². The van der Waals surface area contributed by atoms with E-state index in [1.165, 1.54) is 12.1 Å². The standard InChI is InChI=1S/C20H25FN2O.ClH/c1-2-12-23(13-11-17-9-6-10-18(21)14-17)20(24)19(22)15-16-7-4-3-5-8-16;/h3-10,14,19H,2,11-13,15,22H2,1H3;1H/t19-;/m0./s1. The van der Waals surface area contributed by atoms with E-state index < -0.39 is 6.04 Å². The molecule has 0 saturated heterocycles. The third-order valence-corrected chi connectivity index (χ3v) is 3.98. The molecule has 0 saturated carbocycles. The Kier molecular flexibility index (Phi) is 9.17. The molecule has 1 amide bonds. The maximum absolute atomic E-state index is 13.3. The van der Waals surface area contributed by atoms with Crippen LogP contribution in [-0.2, 0) is 17.6 Å². The van der Waals surface area contributed by atoms with E-state index in [9.17, 15) is 9.18 Å². The number of amides is 1. The van der Waals surface area contributed by atoms with Crippen molar-refractivity contribution < 1.29 is 9.18 Å². The van der Waals surface area contributed by atoms with Gasteiger partial charge in [-0.25, -0.2) is 4.39 Å². The van der Waals surface area contributed by atoms with E-state index in [-0.39, 0.29) is 24.1 Å². The number of rotatable bonds is 8. The molecule has 0 aliphatic rings. The summed E-state index contributed by atoms with van der Waals surface area (Å²) < 4.78 is 13.3. The fraction of sp³-hybridized carbons (Fsp3) is 0.350. The minimum absolute atomic E-state index is 0. The van der Waals surface area contributed by atoms with Crippen molar-refractivity contribution in [1.29, 1.82) is 0 Å². The van der Waals surface area contributed by atoms with E-state index in [4.69, 9.17) is 5.73 Å². The summed E-state index contributed by atoms with van der Waals surface area (Å²) in [5, 5.41) is 0. The SMILES string of the molecule is CCCN(CCc1cccc(F)c1)C(=O)[C@@H](N)Cc1ccccc1.Cl. The smallest absolute Gasteiger partial charge is 0.239 e. The number of hydrogen-bond acceptors (Lipinski definition) is 2. The first kappa shape index (κ1) is 21.1. The second-order valence-electron chi connectivity index (χ2n) is 6.00. The van der Waals surface area contributed by atoms with Gasteiger partial charge in [-0.1, -0.05) is 49.4 Å². The van der Waals surface area contributed by atoms with Crippen LogP contribution in [0.1, 0.15) is 24.5 Å². The van der Waals surface area contributed by atoms with Gasteiger partial charge in [0.1, 0.15) is 5.82 Å². The number of carbonyl (C=O) groups is 1. The Bertz CT molecular complexity index is 651. The summed E-state index contributed by atoms with van der Waals surface area (Å²) in [5.41, 5.74) is 8.07. The minimum Gasteiger partial charge on any atom is -0.341 e. The monoisotopic (exact) mass is 364 g/mol. The van der Waals surface area contributed by atoms with E-state index in [1.807, 2.05) is 43.3 Å². The maximum atomic E-state index is 13.3. The van der Waals surface area contributed by atoms with Gasteiger partial charge in [0, 0.05) is 13.1 Å². The Labute approximate surface area is 155 Å². The van der Waals surface area contributed by atoms with Crippen LogP contribution < -0.4 is 5.73 Å². The van der Waals surface area contributed by atoms with E-state index in [1.54, 1.807) is 11.0 Å². The minimum atomic E-state index is -0.550. The highest BCUT2D eigenvalue weighted by Gasteiger charge is 2.20. The van der Waals surface area contributed by atoms with Gasteiger partial charge in [0.25, 0.3) is 0 Å². The molecule has 2 N–H and O–H groups in total. The summed E-state index contributed by atoms with van der Waals surface area (Å²) in [6.07, 6.45) is 2.02. The molecular weight excluding hydrogens is 339 g/mol. The third kappa shape index (κ3) is 6.85. The molecule has 0 spiro atoms. The summed E-state index contributed by atoms with van der Waals surface area (Å²) >= 11 is 0. The number of benzene rings is 2. The first-order chi connectivity index (χ1) is 11.6. The van der Waals surface area contributed by atoms with Crippen molar-refractivity contribution in [2.75, 3.05) is 13.1 Å². The van der Waals surface area contributed by atoms with Gasteiger partial charge in [-0.3, -0.25) is 4.79 Å². The van der Waals surface area contributed by atoms with Crippen molar-refractivity contribution in [3.63, 3.8) is 0 Å². The number of nitrogens with two attached hydrogens (primary N) is 1. The normalized spacial score (nSPS) is 11.5. The topological polar surface area (TPSA) is 46.3 Å². The molecule has 0 aromatic heterocycles. The molecule has 0 aliphatic heterocycles. The van der Waals surface area contributed by atoms with Crippen LogP contribution in [0.25, 0.3) is 0 Å². The van der Waals surface area contributed by atoms with Crippen LogP contribution in [0.4, 0.5) is 4.39 Å². The maximum Gasteiger partial charge on any atom is 0.239 e. The molecule has 0 fully saturated rings. The summed E-state index contributed by atoms with van der Waals surface area (Å²) in [7, 11) is 0. The van der Waals surface area contributed by atoms with E-state index >= 15 is 0 Å². The van der Waals surface area contributed by atoms with Crippen molar-refractivity contribution in [2.45, 2.75) is 32.2 Å². The first-order valence-corrected chi connectivity index (χ1v) is 8.43. The van der Waals surface area contributed by atoms with Crippen LogP contribution in [0, 0.1) is 5.82 Å². The van der Waals surface area contributed by atoms with Crippen molar-refractivity contribution >= 4 is 18.3 Å². The Hall–Kier alpha value is -1.91. The molecule has 136 valence electrons. The molecule has 2 rings (SSSR count). The van der Waals surface area contributed by atoms with Crippen molar-refractivity contribution in [2.24, 2.45) is 5.73 Å². The van der Waals surface area contributed by atoms with Gasteiger partial charge >= 0.3 is 0 Å². The lowest BCUT2D eigenvalue weighted by molar-refractivity contribution is -0.132. The summed E-state index contributed by atoms with van der Waals surface area (Å²) in [6, 6.07) is 15.7. The lowest BCUT2D eigenvalue weighted by Gasteiger charge is -2.25. The van der Waals surface area contributed by atoms with Gasteiger partial charge in [0.15, 0.2) is 0 Å². The van der Waals surface area contributed by atoms with E-state index in [2.05, 4.69) is 0 Å². The number of nitrogens with zero attached hydrogens (tertiary/aromatic N) is 1. The van der Waals surface area contributed by atoms with Crippen LogP contribution in [0.3, 0.4) is 0 Å². The van der Waals surface area contributed by atoms with Crippen LogP contribution in [0.5, 0.6) is 0 Å². The van der Waals surface area contributed by atoms with Crippen LogP contribution in [0.2, 0.25) is 0 Å². The number of halogens is 2. The molecule has 3 nitrogen and oxygen atoms in total. The Morgan fingerprint density at radius 2 is 1.76 bits per heavy atom. The predicted octanol–water partition coefficient (Wildman–Crippen LogP) is 3.60. The van der Waals surface area contributed by atoms with Crippen LogP contribution in [0.15, 0.2) is 54.6 Å². The van der Waals surface area contributed by atoms with Crippen molar-refractivity contribution in [3.8, 4) is 0 Å². The average molecular weight is 365 g/mol. The van der Waals surface area contributed by atoms with Crippen LogP contribution >= 0.6 is 12.4 Å². The van der Waals surface area contributed by atoms with Gasteiger partial charge < -0.3 is 10.6 Å². The molecule has 0 bridgehead atoms. The molecule has 0 unspecified atom stereocenters. The van der Waals surface area contributed by atoms with Gasteiger partial charge in [0.2, 0.25) is 5.91 Å². The second-order valence-corrected chi connectivity index (χ2v) is 6.00. The molecular formula is C20H26ClFN2O. The predicted molar refractivity (Wildman–Crippen MR) is 102 cm³/mol. The number of carbonyl (C=O) groups excluding carboxylic acids is 1. The third-order valence-electron chi connectivity index (χ3n) is 3.98. The average Bonchev–Trinajstić information content (AvgIpc) is 2.59. The molecule has 5 heteroatoms. The summed E-state index contributed by atoms with van der Waals surface area (Å²) in [6.45, 7) is 3.25. The lowest BCUT2D eigenvalue weighted by atomic mass is 10.0. The molecule has 1 atom stereocenters. The Morgan fingerprint density at radius 1 is 1.08 bits per heavy atom. The zero-order valence-electron chi connectivity index (χ0n) is 14.5. The fourth-order valence-corrected chi connectivity index (χ4v) is 2.75. The van der Waals surface area contributed by atoms with Gasteiger partial charge in [-0.05, 0) is 42.5 Å².